The first-order valence-electron chi connectivity index (χ1n) is 5.91. The summed E-state index contributed by atoms with van der Waals surface area (Å²) in [5.41, 5.74) is -2.46. The van der Waals surface area contributed by atoms with Gasteiger partial charge in [-0.1, -0.05) is 6.07 Å². The normalized spacial score (nSPS) is 11.9. The molecule has 0 aliphatic carbocycles. The number of likely N-dealkylation sites (N-methyl/N-ethyl adjacent to an activating group) is 1. The standard InChI is InChI=1S/C13H15F3N2O3/c1-12(2,10(19)20)18(3)11(21)17-9-6-4-5-8(7-9)13(14,15)16/h4-7H,1-3H3,(H,17,21)(H,19,20). The van der Waals surface area contributed by atoms with E-state index in [-0.39, 0.29) is 5.69 Å². The largest absolute Gasteiger partial charge is 0.480 e. The molecule has 116 valence electrons. The molecule has 0 fully saturated rings. The van der Waals surface area contributed by atoms with Gasteiger partial charge in [0, 0.05) is 12.7 Å². The molecule has 0 aliphatic rings. The lowest BCUT2D eigenvalue weighted by Crippen LogP contribution is -2.52. The summed E-state index contributed by atoms with van der Waals surface area (Å²) < 4.78 is 37.7. The van der Waals surface area contributed by atoms with E-state index in [1.807, 2.05) is 0 Å². The minimum Gasteiger partial charge on any atom is -0.480 e. The first kappa shape index (κ1) is 16.8. The quantitative estimate of drug-likeness (QED) is 0.901. The van der Waals surface area contributed by atoms with Gasteiger partial charge in [-0.3, -0.25) is 0 Å². The second-order valence-corrected chi connectivity index (χ2v) is 4.93. The first-order chi connectivity index (χ1) is 9.46. The number of nitrogens with zero attached hydrogens (tertiary/aromatic N) is 1. The number of carboxylic acid groups (broad SMARTS) is 1. The third-order valence-corrected chi connectivity index (χ3v) is 3.11. The maximum Gasteiger partial charge on any atom is 0.416 e. The van der Waals surface area contributed by atoms with Crippen molar-refractivity contribution in [2.75, 3.05) is 12.4 Å². The first-order valence-corrected chi connectivity index (χ1v) is 5.91. The fourth-order valence-electron chi connectivity index (χ4n) is 1.38. The number of aliphatic carboxylic acids is 1. The van der Waals surface area contributed by atoms with Crippen molar-refractivity contribution >= 4 is 17.7 Å². The molecule has 0 aromatic heterocycles. The van der Waals surface area contributed by atoms with Crippen LogP contribution >= 0.6 is 0 Å². The molecule has 0 saturated heterocycles. The Morgan fingerprint density at radius 2 is 1.81 bits per heavy atom. The highest BCUT2D eigenvalue weighted by atomic mass is 19.4. The molecule has 0 unspecified atom stereocenters. The fourth-order valence-corrected chi connectivity index (χ4v) is 1.38. The lowest BCUT2D eigenvalue weighted by Gasteiger charge is -2.31. The molecule has 5 nitrogen and oxygen atoms in total. The van der Waals surface area contributed by atoms with Crippen molar-refractivity contribution in [3.8, 4) is 0 Å². The number of alkyl halides is 3. The minimum absolute atomic E-state index is 0.0668. The number of halogens is 3. The number of amides is 2. The number of benzene rings is 1. The van der Waals surface area contributed by atoms with Gasteiger partial charge in [0.1, 0.15) is 5.54 Å². The van der Waals surface area contributed by atoms with Crippen LogP contribution in [0.3, 0.4) is 0 Å². The molecule has 0 radical (unpaired) electrons. The highest BCUT2D eigenvalue weighted by Gasteiger charge is 2.35. The number of hydrogen-bond donors (Lipinski definition) is 2. The molecule has 0 spiro atoms. The predicted octanol–water partition coefficient (Wildman–Crippen LogP) is 3.03. The fraction of sp³-hybridized carbons (Fsp3) is 0.385. The Morgan fingerprint density at radius 1 is 1.24 bits per heavy atom. The van der Waals surface area contributed by atoms with Crippen LogP contribution in [0.15, 0.2) is 24.3 Å². The summed E-state index contributed by atoms with van der Waals surface area (Å²) in [5, 5.41) is 11.2. The van der Waals surface area contributed by atoms with E-state index in [0.29, 0.717) is 0 Å². The van der Waals surface area contributed by atoms with Crippen molar-refractivity contribution in [3.63, 3.8) is 0 Å². The Bertz CT molecular complexity index is 556. The number of carboxylic acids is 1. The van der Waals surface area contributed by atoms with Gasteiger partial charge >= 0.3 is 18.2 Å². The SMILES string of the molecule is CN(C(=O)Nc1cccc(C(F)(F)F)c1)C(C)(C)C(=O)O. The average Bonchev–Trinajstić information content (AvgIpc) is 2.36. The maximum absolute atomic E-state index is 12.6. The molecular formula is C13H15F3N2O3. The van der Waals surface area contributed by atoms with E-state index in [1.54, 1.807) is 0 Å². The second kappa shape index (κ2) is 5.63. The van der Waals surface area contributed by atoms with E-state index in [0.717, 1.165) is 23.1 Å². The summed E-state index contributed by atoms with van der Waals surface area (Å²) in [6.45, 7) is 2.61. The van der Waals surface area contributed by atoms with Gasteiger partial charge in [0.25, 0.3) is 0 Å². The Hall–Kier alpha value is -2.25. The Balaban J connectivity index is 2.92. The summed E-state index contributed by atoms with van der Waals surface area (Å²) >= 11 is 0. The maximum atomic E-state index is 12.6. The number of hydrogen-bond acceptors (Lipinski definition) is 2. The number of urea groups is 1. The van der Waals surface area contributed by atoms with Crippen LogP contribution in [0.1, 0.15) is 19.4 Å². The lowest BCUT2D eigenvalue weighted by molar-refractivity contribution is -0.146. The zero-order chi connectivity index (χ0) is 16.4. The van der Waals surface area contributed by atoms with Gasteiger partial charge in [0.05, 0.1) is 5.56 Å². The van der Waals surface area contributed by atoms with Crippen LogP contribution in [0.25, 0.3) is 0 Å². The van der Waals surface area contributed by atoms with Crippen LogP contribution in [0.2, 0.25) is 0 Å². The van der Waals surface area contributed by atoms with Gasteiger partial charge < -0.3 is 15.3 Å². The van der Waals surface area contributed by atoms with Crippen molar-refractivity contribution in [2.45, 2.75) is 25.6 Å². The molecule has 0 atom stereocenters. The van der Waals surface area contributed by atoms with Crippen molar-refractivity contribution in [1.29, 1.82) is 0 Å². The Morgan fingerprint density at radius 3 is 2.29 bits per heavy atom. The van der Waals surface area contributed by atoms with E-state index in [9.17, 15) is 22.8 Å². The number of nitrogens with one attached hydrogen (secondary N) is 1. The monoisotopic (exact) mass is 304 g/mol. The molecule has 0 saturated carbocycles. The number of carbonyl (C=O) groups excluding carboxylic acids is 1. The number of rotatable bonds is 3. The Labute approximate surface area is 119 Å². The predicted molar refractivity (Wildman–Crippen MR) is 69.9 cm³/mol. The third-order valence-electron chi connectivity index (χ3n) is 3.11. The van der Waals surface area contributed by atoms with Crippen molar-refractivity contribution < 1.29 is 27.9 Å². The van der Waals surface area contributed by atoms with Crippen LogP contribution in [0, 0.1) is 0 Å². The highest BCUT2D eigenvalue weighted by molar-refractivity contribution is 5.93. The molecule has 1 aromatic carbocycles. The van der Waals surface area contributed by atoms with Gasteiger partial charge in [-0.25, -0.2) is 9.59 Å². The highest BCUT2D eigenvalue weighted by Crippen LogP contribution is 2.30. The van der Waals surface area contributed by atoms with Gasteiger partial charge in [-0.2, -0.15) is 13.2 Å². The molecule has 0 heterocycles. The molecule has 1 aromatic rings. The average molecular weight is 304 g/mol. The van der Waals surface area contributed by atoms with Crippen molar-refractivity contribution in [1.82, 2.24) is 4.90 Å². The van der Waals surface area contributed by atoms with E-state index in [2.05, 4.69) is 5.32 Å². The van der Waals surface area contributed by atoms with Crippen LogP contribution in [-0.2, 0) is 11.0 Å². The van der Waals surface area contributed by atoms with Crippen molar-refractivity contribution in [2.24, 2.45) is 0 Å². The van der Waals surface area contributed by atoms with E-state index in [4.69, 9.17) is 5.11 Å². The summed E-state index contributed by atoms with van der Waals surface area (Å²) in [4.78, 5) is 23.8. The summed E-state index contributed by atoms with van der Waals surface area (Å²) in [6, 6.07) is 3.27. The van der Waals surface area contributed by atoms with Crippen LogP contribution in [-0.4, -0.2) is 34.6 Å². The van der Waals surface area contributed by atoms with Gasteiger partial charge in [0.15, 0.2) is 0 Å². The molecule has 1 rings (SSSR count). The zero-order valence-corrected chi connectivity index (χ0v) is 11.7. The number of carbonyl (C=O) groups is 2. The molecule has 21 heavy (non-hydrogen) atoms. The van der Waals surface area contributed by atoms with Crippen LogP contribution in [0.4, 0.5) is 23.7 Å². The molecule has 0 aliphatic heterocycles. The van der Waals surface area contributed by atoms with Gasteiger partial charge in [0.2, 0.25) is 0 Å². The van der Waals surface area contributed by atoms with Crippen LogP contribution < -0.4 is 5.32 Å². The molecule has 2 amide bonds. The Kier molecular flexibility index (Phi) is 4.50. The third kappa shape index (κ3) is 3.87. The van der Waals surface area contributed by atoms with E-state index >= 15 is 0 Å². The molecule has 2 N–H and O–H groups in total. The number of anilines is 1. The van der Waals surface area contributed by atoms with E-state index < -0.39 is 29.3 Å². The molecule has 8 heteroatoms. The lowest BCUT2D eigenvalue weighted by atomic mass is 10.1. The van der Waals surface area contributed by atoms with Crippen LogP contribution in [0.5, 0.6) is 0 Å². The summed E-state index contributed by atoms with van der Waals surface area (Å²) in [5.74, 6) is -1.23. The van der Waals surface area contributed by atoms with Gasteiger partial charge in [-0.05, 0) is 32.0 Å². The minimum atomic E-state index is -4.52. The topological polar surface area (TPSA) is 69.6 Å². The van der Waals surface area contributed by atoms with E-state index in [1.165, 1.54) is 27.0 Å². The molecule has 0 bridgehead atoms. The summed E-state index contributed by atoms with van der Waals surface area (Å²) in [6.07, 6.45) is -4.52. The summed E-state index contributed by atoms with van der Waals surface area (Å²) in [7, 11) is 1.25. The zero-order valence-electron chi connectivity index (χ0n) is 11.7. The van der Waals surface area contributed by atoms with Gasteiger partial charge in [-0.15, -0.1) is 0 Å². The second-order valence-electron chi connectivity index (χ2n) is 4.93. The molecular weight excluding hydrogens is 289 g/mol. The van der Waals surface area contributed by atoms with Crippen molar-refractivity contribution in [3.05, 3.63) is 29.8 Å². The smallest absolute Gasteiger partial charge is 0.416 e.